The molecule has 0 unspecified atom stereocenters. The summed E-state index contributed by atoms with van der Waals surface area (Å²) in [5.74, 6) is 1.07. The summed E-state index contributed by atoms with van der Waals surface area (Å²) in [7, 11) is 0. The Morgan fingerprint density at radius 1 is 1.05 bits per heavy atom. The van der Waals surface area contributed by atoms with Crippen LogP contribution in [0.4, 0.5) is 5.69 Å². The molecule has 1 aromatic heterocycles. The number of para-hydroxylation sites is 1. The van der Waals surface area contributed by atoms with Gasteiger partial charge in [-0.15, -0.1) is 0 Å². The van der Waals surface area contributed by atoms with Crippen molar-refractivity contribution in [2.75, 3.05) is 5.73 Å². The zero-order valence-corrected chi connectivity index (χ0v) is 13.7. The highest BCUT2D eigenvalue weighted by Crippen LogP contribution is 2.29. The molecule has 2 aromatic carbocycles. The molecule has 0 aliphatic rings. The number of aromatic nitrogens is 2. The number of anilines is 1. The first-order valence-electron chi connectivity index (χ1n) is 7.67. The summed E-state index contributed by atoms with van der Waals surface area (Å²) in [6, 6.07) is 14.7. The zero-order chi connectivity index (χ0) is 15.9. The molecule has 3 rings (SSSR count). The second-order valence-electron chi connectivity index (χ2n) is 6.97. The fourth-order valence-corrected chi connectivity index (χ4v) is 2.78. The van der Waals surface area contributed by atoms with Crippen molar-refractivity contribution in [3.63, 3.8) is 0 Å². The molecule has 3 nitrogen and oxygen atoms in total. The summed E-state index contributed by atoms with van der Waals surface area (Å²) < 4.78 is 2.29. The average Bonchev–Trinajstić information content (AvgIpc) is 2.82. The lowest BCUT2D eigenvalue weighted by atomic mass is 9.95. The van der Waals surface area contributed by atoms with E-state index in [1.807, 2.05) is 12.1 Å². The Balaban J connectivity index is 2.17. The molecule has 1 heterocycles. The molecule has 0 aliphatic carbocycles. The number of hydrogen-bond acceptors (Lipinski definition) is 2. The first-order chi connectivity index (χ1) is 10.4. The molecule has 0 amide bonds. The molecule has 0 atom stereocenters. The Morgan fingerprint density at radius 2 is 1.73 bits per heavy atom. The number of hydrogen-bond donors (Lipinski definition) is 1. The van der Waals surface area contributed by atoms with Crippen molar-refractivity contribution in [2.24, 2.45) is 0 Å². The van der Waals surface area contributed by atoms with E-state index >= 15 is 0 Å². The lowest BCUT2D eigenvalue weighted by Gasteiger charge is -2.20. The van der Waals surface area contributed by atoms with E-state index in [1.165, 1.54) is 11.1 Å². The van der Waals surface area contributed by atoms with Gasteiger partial charge in [-0.05, 0) is 24.6 Å². The van der Waals surface area contributed by atoms with Crippen LogP contribution < -0.4 is 5.73 Å². The van der Waals surface area contributed by atoms with E-state index in [0.29, 0.717) is 0 Å². The first kappa shape index (κ1) is 14.6. The van der Waals surface area contributed by atoms with Gasteiger partial charge in [-0.3, -0.25) is 0 Å². The van der Waals surface area contributed by atoms with Crippen LogP contribution in [0.3, 0.4) is 0 Å². The van der Waals surface area contributed by atoms with Crippen LogP contribution in [0.5, 0.6) is 0 Å². The van der Waals surface area contributed by atoms with Gasteiger partial charge in [-0.25, -0.2) is 4.98 Å². The fourth-order valence-electron chi connectivity index (χ4n) is 2.78. The van der Waals surface area contributed by atoms with Gasteiger partial charge in [0.05, 0.1) is 11.2 Å². The predicted molar refractivity (Wildman–Crippen MR) is 93.1 cm³/mol. The SMILES string of the molecule is Cc1ccc(Cn2c(C(C)(C)C)nc3c(N)cccc32)cc1. The van der Waals surface area contributed by atoms with Gasteiger partial charge < -0.3 is 10.3 Å². The molecule has 114 valence electrons. The summed E-state index contributed by atoms with van der Waals surface area (Å²) in [4.78, 5) is 4.84. The van der Waals surface area contributed by atoms with Gasteiger partial charge in [0, 0.05) is 12.0 Å². The third-order valence-corrected chi connectivity index (χ3v) is 3.94. The van der Waals surface area contributed by atoms with Crippen LogP contribution in [0, 0.1) is 6.92 Å². The van der Waals surface area contributed by atoms with E-state index in [1.54, 1.807) is 0 Å². The molecular weight excluding hydrogens is 270 g/mol. The van der Waals surface area contributed by atoms with Crippen LogP contribution in [0.2, 0.25) is 0 Å². The second kappa shape index (κ2) is 5.16. The van der Waals surface area contributed by atoms with E-state index in [9.17, 15) is 0 Å². The minimum Gasteiger partial charge on any atom is -0.397 e. The highest BCUT2D eigenvalue weighted by molar-refractivity contribution is 5.87. The standard InChI is InChI=1S/C19H23N3/c1-13-8-10-14(11-9-13)12-22-16-7-5-6-15(20)17(16)21-18(22)19(2,3)4/h5-11H,12,20H2,1-4H3. The Hall–Kier alpha value is -2.29. The fraction of sp³-hybridized carbons (Fsp3) is 0.316. The van der Waals surface area contributed by atoms with Gasteiger partial charge in [0.25, 0.3) is 0 Å². The van der Waals surface area contributed by atoms with Gasteiger partial charge >= 0.3 is 0 Å². The lowest BCUT2D eigenvalue weighted by molar-refractivity contribution is 0.516. The normalized spacial score (nSPS) is 12.0. The molecule has 0 fully saturated rings. The van der Waals surface area contributed by atoms with Gasteiger partial charge in [0.1, 0.15) is 11.3 Å². The van der Waals surface area contributed by atoms with E-state index in [-0.39, 0.29) is 5.41 Å². The van der Waals surface area contributed by atoms with Crippen molar-refractivity contribution in [1.29, 1.82) is 0 Å². The van der Waals surface area contributed by atoms with Gasteiger partial charge in [0.15, 0.2) is 0 Å². The van der Waals surface area contributed by atoms with E-state index in [0.717, 1.165) is 29.1 Å². The molecule has 22 heavy (non-hydrogen) atoms. The van der Waals surface area contributed by atoms with Crippen LogP contribution in [0.1, 0.15) is 37.7 Å². The van der Waals surface area contributed by atoms with Crippen molar-refractivity contribution >= 4 is 16.7 Å². The smallest absolute Gasteiger partial charge is 0.115 e. The number of nitrogen functional groups attached to an aromatic ring is 1. The number of aryl methyl sites for hydroxylation is 1. The van der Waals surface area contributed by atoms with Crippen LogP contribution in [-0.4, -0.2) is 9.55 Å². The monoisotopic (exact) mass is 293 g/mol. The van der Waals surface area contributed by atoms with Crippen molar-refractivity contribution in [3.8, 4) is 0 Å². The number of rotatable bonds is 2. The van der Waals surface area contributed by atoms with E-state index in [4.69, 9.17) is 10.7 Å². The average molecular weight is 293 g/mol. The molecule has 0 bridgehead atoms. The molecule has 0 saturated heterocycles. The molecule has 3 aromatic rings. The zero-order valence-electron chi connectivity index (χ0n) is 13.7. The van der Waals surface area contributed by atoms with E-state index in [2.05, 4.69) is 62.6 Å². The first-order valence-corrected chi connectivity index (χ1v) is 7.67. The number of benzene rings is 2. The summed E-state index contributed by atoms with van der Waals surface area (Å²) in [6.45, 7) is 9.49. The third kappa shape index (κ3) is 2.59. The van der Waals surface area contributed by atoms with Crippen LogP contribution in [0.15, 0.2) is 42.5 Å². The van der Waals surface area contributed by atoms with Crippen LogP contribution in [0.25, 0.3) is 11.0 Å². The Kier molecular flexibility index (Phi) is 3.44. The maximum absolute atomic E-state index is 6.12. The molecular formula is C19H23N3. The molecule has 3 heteroatoms. The lowest BCUT2D eigenvalue weighted by Crippen LogP contribution is -2.19. The summed E-state index contributed by atoms with van der Waals surface area (Å²) in [5, 5.41) is 0. The maximum Gasteiger partial charge on any atom is 0.115 e. The summed E-state index contributed by atoms with van der Waals surface area (Å²) >= 11 is 0. The van der Waals surface area contributed by atoms with Gasteiger partial charge in [0.2, 0.25) is 0 Å². The summed E-state index contributed by atoms with van der Waals surface area (Å²) in [5.41, 5.74) is 11.4. The molecule has 0 saturated carbocycles. The largest absolute Gasteiger partial charge is 0.397 e. The second-order valence-corrected chi connectivity index (χ2v) is 6.97. The Labute approximate surface area is 131 Å². The van der Waals surface area contributed by atoms with E-state index < -0.39 is 0 Å². The highest BCUT2D eigenvalue weighted by atomic mass is 15.1. The Bertz CT molecular complexity index is 805. The quantitative estimate of drug-likeness (QED) is 0.717. The topological polar surface area (TPSA) is 43.8 Å². The predicted octanol–water partition coefficient (Wildman–Crippen LogP) is 4.27. The summed E-state index contributed by atoms with van der Waals surface area (Å²) in [6.07, 6.45) is 0. The van der Waals surface area contributed by atoms with Crippen molar-refractivity contribution in [2.45, 2.75) is 39.7 Å². The molecule has 0 aliphatic heterocycles. The minimum atomic E-state index is -0.0316. The third-order valence-electron chi connectivity index (χ3n) is 3.94. The number of imidazole rings is 1. The Morgan fingerprint density at radius 3 is 2.36 bits per heavy atom. The van der Waals surface area contributed by atoms with Crippen molar-refractivity contribution in [1.82, 2.24) is 9.55 Å². The number of nitrogens with zero attached hydrogens (tertiary/aromatic N) is 2. The highest BCUT2D eigenvalue weighted by Gasteiger charge is 2.23. The van der Waals surface area contributed by atoms with Crippen molar-refractivity contribution in [3.05, 3.63) is 59.4 Å². The number of nitrogens with two attached hydrogens (primary N) is 1. The molecule has 0 spiro atoms. The van der Waals surface area contributed by atoms with Crippen LogP contribution >= 0.6 is 0 Å². The minimum absolute atomic E-state index is 0.0316. The van der Waals surface area contributed by atoms with Gasteiger partial charge in [-0.2, -0.15) is 0 Å². The number of fused-ring (bicyclic) bond motifs is 1. The maximum atomic E-state index is 6.12. The van der Waals surface area contributed by atoms with Gasteiger partial charge in [-0.1, -0.05) is 56.7 Å². The van der Waals surface area contributed by atoms with Crippen molar-refractivity contribution < 1.29 is 0 Å². The molecule has 0 radical (unpaired) electrons. The van der Waals surface area contributed by atoms with Crippen LogP contribution in [-0.2, 0) is 12.0 Å². The molecule has 2 N–H and O–H groups in total.